The molecule has 0 spiro atoms. The lowest BCUT2D eigenvalue weighted by atomic mass is 10.2. The third-order valence-electron chi connectivity index (χ3n) is 4.24. The number of piperazine rings is 1. The van der Waals surface area contributed by atoms with Gasteiger partial charge in [-0.15, -0.1) is 0 Å². The van der Waals surface area contributed by atoms with Crippen LogP contribution in [0.3, 0.4) is 0 Å². The highest BCUT2D eigenvalue weighted by Gasteiger charge is 2.17. The number of halogens is 1. The molecule has 1 fully saturated rings. The molecular formula is C17H18ClN5O3. The van der Waals surface area contributed by atoms with Gasteiger partial charge >= 0.3 is 0 Å². The molecule has 1 amide bonds. The Labute approximate surface area is 155 Å². The maximum Gasteiger partial charge on any atom is 0.270 e. The molecule has 0 saturated carbocycles. The fourth-order valence-electron chi connectivity index (χ4n) is 2.68. The van der Waals surface area contributed by atoms with Gasteiger partial charge < -0.3 is 15.1 Å². The van der Waals surface area contributed by atoms with E-state index in [1.165, 1.54) is 12.1 Å². The second-order valence-corrected chi connectivity index (χ2v) is 6.48. The van der Waals surface area contributed by atoms with E-state index in [0.29, 0.717) is 5.69 Å². The number of rotatable bonds is 4. The summed E-state index contributed by atoms with van der Waals surface area (Å²) in [5, 5.41) is 13.7. The lowest BCUT2D eigenvalue weighted by Gasteiger charge is -2.33. The van der Waals surface area contributed by atoms with Crippen molar-refractivity contribution in [2.45, 2.75) is 0 Å². The van der Waals surface area contributed by atoms with Gasteiger partial charge in [-0.2, -0.15) is 0 Å². The van der Waals surface area contributed by atoms with Gasteiger partial charge in [0.05, 0.1) is 27.4 Å². The van der Waals surface area contributed by atoms with Crippen LogP contribution < -0.4 is 10.2 Å². The van der Waals surface area contributed by atoms with Gasteiger partial charge in [0, 0.05) is 38.3 Å². The van der Waals surface area contributed by atoms with Gasteiger partial charge in [0.2, 0.25) is 0 Å². The molecule has 1 N–H and O–H groups in total. The normalized spacial score (nSPS) is 14.9. The number of amides is 1. The van der Waals surface area contributed by atoms with E-state index in [0.717, 1.165) is 38.1 Å². The van der Waals surface area contributed by atoms with Crippen molar-refractivity contribution in [1.29, 1.82) is 0 Å². The van der Waals surface area contributed by atoms with Gasteiger partial charge in [-0.25, -0.2) is 4.98 Å². The molecule has 0 bridgehead atoms. The fraction of sp³-hybridized carbons (Fsp3) is 0.294. The second kappa shape index (κ2) is 7.67. The highest BCUT2D eigenvalue weighted by atomic mass is 35.5. The van der Waals surface area contributed by atoms with E-state index in [4.69, 9.17) is 11.6 Å². The number of benzene rings is 1. The van der Waals surface area contributed by atoms with E-state index in [2.05, 4.69) is 27.1 Å². The van der Waals surface area contributed by atoms with E-state index in [1.54, 1.807) is 12.3 Å². The molecule has 0 aliphatic carbocycles. The number of hydrogen-bond acceptors (Lipinski definition) is 6. The fourth-order valence-corrected chi connectivity index (χ4v) is 2.89. The molecule has 1 aromatic carbocycles. The Morgan fingerprint density at radius 2 is 1.96 bits per heavy atom. The molecule has 3 rings (SSSR count). The minimum Gasteiger partial charge on any atom is -0.354 e. The smallest absolute Gasteiger partial charge is 0.270 e. The molecule has 1 saturated heterocycles. The maximum atomic E-state index is 12.4. The topological polar surface area (TPSA) is 91.6 Å². The summed E-state index contributed by atoms with van der Waals surface area (Å²) in [6.45, 7) is 3.76. The van der Waals surface area contributed by atoms with Crippen LogP contribution >= 0.6 is 11.6 Å². The predicted octanol–water partition coefficient (Wildman–Crippen LogP) is 2.65. The Kier molecular flexibility index (Phi) is 5.34. The predicted molar refractivity (Wildman–Crippen MR) is 100 cm³/mol. The molecule has 9 heteroatoms. The third kappa shape index (κ3) is 4.09. The number of nitrogens with zero attached hydrogens (tertiary/aromatic N) is 4. The lowest BCUT2D eigenvalue weighted by Crippen LogP contribution is -2.44. The number of anilines is 2. The molecular weight excluding hydrogens is 358 g/mol. The summed E-state index contributed by atoms with van der Waals surface area (Å²) in [4.78, 5) is 31.5. The van der Waals surface area contributed by atoms with Crippen LogP contribution in [0.5, 0.6) is 0 Å². The highest BCUT2D eigenvalue weighted by molar-refractivity contribution is 6.34. The van der Waals surface area contributed by atoms with Crippen LogP contribution in [0.2, 0.25) is 5.02 Å². The average molecular weight is 376 g/mol. The molecule has 1 aliphatic heterocycles. The highest BCUT2D eigenvalue weighted by Crippen LogP contribution is 2.23. The van der Waals surface area contributed by atoms with Crippen LogP contribution in [0, 0.1) is 10.1 Å². The summed E-state index contributed by atoms with van der Waals surface area (Å²) >= 11 is 5.99. The number of nitrogens with one attached hydrogen (secondary N) is 1. The number of carbonyl (C=O) groups excluding carboxylic acids is 1. The minimum absolute atomic E-state index is 0.0454. The standard InChI is InChI=1S/C17H18ClN5O3/c1-21-6-8-22(9-7-21)16-5-2-12(11-19-16)20-17(24)14-10-13(23(25)26)3-4-15(14)18/h2-5,10-11H,6-9H2,1H3,(H,20,24). The Morgan fingerprint density at radius 1 is 1.23 bits per heavy atom. The van der Waals surface area contributed by atoms with E-state index >= 15 is 0 Å². The minimum atomic E-state index is -0.570. The number of non-ortho nitro benzene ring substituents is 1. The van der Waals surface area contributed by atoms with Gasteiger partial charge in [-0.3, -0.25) is 14.9 Å². The maximum absolute atomic E-state index is 12.4. The lowest BCUT2D eigenvalue weighted by molar-refractivity contribution is -0.384. The molecule has 1 aliphatic rings. The molecule has 8 nitrogen and oxygen atoms in total. The van der Waals surface area contributed by atoms with Gasteiger partial charge in [-0.05, 0) is 25.2 Å². The summed E-state index contributed by atoms with van der Waals surface area (Å²) in [6, 6.07) is 7.35. The molecule has 0 unspecified atom stereocenters. The van der Waals surface area contributed by atoms with Crippen molar-refractivity contribution >= 4 is 34.7 Å². The second-order valence-electron chi connectivity index (χ2n) is 6.07. The van der Waals surface area contributed by atoms with Gasteiger partial charge in [0.1, 0.15) is 5.82 Å². The van der Waals surface area contributed by atoms with E-state index in [-0.39, 0.29) is 16.3 Å². The van der Waals surface area contributed by atoms with E-state index < -0.39 is 10.8 Å². The summed E-state index contributed by atoms with van der Waals surface area (Å²) in [6.07, 6.45) is 1.57. The summed E-state index contributed by atoms with van der Waals surface area (Å²) in [7, 11) is 2.09. The molecule has 0 atom stereocenters. The molecule has 0 radical (unpaired) electrons. The van der Waals surface area contributed by atoms with Crippen LogP contribution in [0.25, 0.3) is 0 Å². The Morgan fingerprint density at radius 3 is 2.58 bits per heavy atom. The summed E-state index contributed by atoms with van der Waals surface area (Å²) in [5.74, 6) is 0.331. The molecule has 26 heavy (non-hydrogen) atoms. The van der Waals surface area contributed by atoms with Gasteiger partial charge in [0.15, 0.2) is 0 Å². The Hall–Kier alpha value is -2.71. The van der Waals surface area contributed by atoms with Crippen molar-refractivity contribution < 1.29 is 9.72 Å². The van der Waals surface area contributed by atoms with Crippen LogP contribution in [-0.4, -0.2) is 53.9 Å². The summed E-state index contributed by atoms with van der Waals surface area (Å²) < 4.78 is 0. The van der Waals surface area contributed by atoms with Crippen molar-refractivity contribution in [2.75, 3.05) is 43.4 Å². The van der Waals surface area contributed by atoms with Crippen LogP contribution in [-0.2, 0) is 0 Å². The van der Waals surface area contributed by atoms with Crippen molar-refractivity contribution in [3.63, 3.8) is 0 Å². The zero-order chi connectivity index (χ0) is 18.7. The first kappa shape index (κ1) is 18.1. The Bertz CT molecular complexity index is 820. The van der Waals surface area contributed by atoms with E-state index in [1.807, 2.05) is 6.07 Å². The van der Waals surface area contributed by atoms with Crippen LogP contribution in [0.1, 0.15) is 10.4 Å². The van der Waals surface area contributed by atoms with Crippen molar-refractivity contribution in [1.82, 2.24) is 9.88 Å². The molecule has 2 heterocycles. The first-order valence-electron chi connectivity index (χ1n) is 8.09. The number of hydrogen-bond donors (Lipinski definition) is 1. The van der Waals surface area contributed by atoms with Crippen LogP contribution in [0.4, 0.5) is 17.2 Å². The Balaban J connectivity index is 1.70. The third-order valence-corrected chi connectivity index (χ3v) is 4.57. The number of carbonyl (C=O) groups is 1. The van der Waals surface area contributed by atoms with Crippen molar-refractivity contribution in [3.8, 4) is 0 Å². The van der Waals surface area contributed by atoms with E-state index in [9.17, 15) is 14.9 Å². The molecule has 2 aromatic rings. The number of nitro benzene ring substituents is 1. The van der Waals surface area contributed by atoms with Gasteiger partial charge in [0.25, 0.3) is 11.6 Å². The quantitative estimate of drug-likeness (QED) is 0.652. The average Bonchev–Trinajstić information content (AvgIpc) is 2.63. The largest absolute Gasteiger partial charge is 0.354 e. The first-order chi connectivity index (χ1) is 12.4. The monoisotopic (exact) mass is 375 g/mol. The van der Waals surface area contributed by atoms with Crippen LogP contribution in [0.15, 0.2) is 36.5 Å². The molecule has 136 valence electrons. The van der Waals surface area contributed by atoms with Gasteiger partial charge in [-0.1, -0.05) is 11.6 Å². The summed E-state index contributed by atoms with van der Waals surface area (Å²) in [5.41, 5.74) is 0.350. The number of aromatic nitrogens is 1. The zero-order valence-corrected chi connectivity index (χ0v) is 14.9. The first-order valence-corrected chi connectivity index (χ1v) is 8.46. The SMILES string of the molecule is CN1CCN(c2ccc(NC(=O)c3cc([N+](=O)[O-])ccc3Cl)cn2)CC1. The number of nitro groups is 1. The molecule has 1 aromatic heterocycles. The number of likely N-dealkylation sites (N-methyl/N-ethyl adjacent to an activating group) is 1. The zero-order valence-electron chi connectivity index (χ0n) is 14.2. The number of pyridine rings is 1. The van der Waals surface area contributed by atoms with Crippen molar-refractivity contribution in [2.24, 2.45) is 0 Å². The van der Waals surface area contributed by atoms with Crippen molar-refractivity contribution in [3.05, 3.63) is 57.2 Å².